The zero-order valence-corrected chi connectivity index (χ0v) is 7.35. The van der Waals surface area contributed by atoms with Crippen LogP contribution < -0.4 is 0 Å². The average molecular weight is 263 g/mol. The summed E-state index contributed by atoms with van der Waals surface area (Å²) in [4.78, 5) is 3.94. The summed E-state index contributed by atoms with van der Waals surface area (Å²) < 4.78 is 9.97. The first kappa shape index (κ1) is 6.77. The van der Waals surface area contributed by atoms with Gasteiger partial charge in [0.15, 0.2) is 5.69 Å². The number of hydrogen-bond donors (Lipinski definition) is 0. The van der Waals surface area contributed by atoms with Gasteiger partial charge in [0.2, 0.25) is 3.83 Å². The van der Waals surface area contributed by atoms with Crippen LogP contribution in [-0.2, 0) is 0 Å². The highest BCUT2D eigenvalue weighted by Crippen LogP contribution is 2.13. The Morgan fingerprint density at radius 1 is 1.36 bits per heavy atom. The van der Waals surface area contributed by atoms with Gasteiger partial charge >= 0.3 is 0 Å². The van der Waals surface area contributed by atoms with Gasteiger partial charge in [0, 0.05) is 28.7 Å². The van der Waals surface area contributed by atoms with Gasteiger partial charge in [-0.2, -0.15) is 4.98 Å². The molecule has 2 heterocycles. The van der Waals surface area contributed by atoms with Gasteiger partial charge in [-0.05, 0) is 0 Å². The van der Waals surface area contributed by atoms with Crippen LogP contribution in [0.25, 0.3) is 11.6 Å². The molecule has 0 bridgehead atoms. The summed E-state index contributed by atoms with van der Waals surface area (Å²) in [5.41, 5.74) is 0.556. The van der Waals surface area contributed by atoms with Crippen molar-refractivity contribution < 1.29 is 9.05 Å². The standard InChI is InChI=1S/C5H2IN3O2/c6-5-7-4(11-9-5)3-1-2-10-8-3/h1-2H. The Labute approximate surface area is 74.9 Å². The van der Waals surface area contributed by atoms with Gasteiger partial charge in [0.1, 0.15) is 6.26 Å². The lowest BCUT2D eigenvalue weighted by molar-refractivity contribution is 0.403. The second-order valence-electron chi connectivity index (χ2n) is 1.75. The van der Waals surface area contributed by atoms with Crippen molar-refractivity contribution in [1.29, 1.82) is 0 Å². The molecule has 0 fully saturated rings. The molecule has 2 aromatic heterocycles. The average Bonchev–Trinajstić information content (AvgIpc) is 2.55. The number of hydrogen-bond acceptors (Lipinski definition) is 5. The van der Waals surface area contributed by atoms with Crippen molar-refractivity contribution in [2.45, 2.75) is 0 Å². The van der Waals surface area contributed by atoms with E-state index >= 15 is 0 Å². The zero-order valence-electron chi connectivity index (χ0n) is 5.19. The van der Waals surface area contributed by atoms with Crippen LogP contribution in [0.2, 0.25) is 0 Å². The van der Waals surface area contributed by atoms with Crippen molar-refractivity contribution in [2.75, 3.05) is 0 Å². The third-order valence-corrected chi connectivity index (χ3v) is 1.50. The fraction of sp³-hybridized carbons (Fsp3) is 0. The molecule has 56 valence electrons. The second kappa shape index (κ2) is 2.61. The highest BCUT2D eigenvalue weighted by Gasteiger charge is 2.08. The fourth-order valence-corrected chi connectivity index (χ4v) is 0.950. The lowest BCUT2D eigenvalue weighted by atomic mass is 10.4. The van der Waals surface area contributed by atoms with Crippen LogP contribution in [0, 0.1) is 3.83 Å². The summed E-state index contributed by atoms with van der Waals surface area (Å²) in [6, 6.07) is 1.66. The molecule has 6 heteroatoms. The number of rotatable bonds is 1. The molecule has 0 aliphatic heterocycles. The predicted molar refractivity (Wildman–Crippen MR) is 42.5 cm³/mol. The van der Waals surface area contributed by atoms with Crippen LogP contribution in [-0.4, -0.2) is 15.3 Å². The van der Waals surface area contributed by atoms with E-state index in [0.717, 1.165) is 0 Å². The Morgan fingerprint density at radius 3 is 2.82 bits per heavy atom. The molecule has 0 saturated heterocycles. The minimum atomic E-state index is 0.378. The molecule has 11 heavy (non-hydrogen) atoms. The van der Waals surface area contributed by atoms with Crippen LogP contribution in [0.5, 0.6) is 0 Å². The molecule has 0 spiro atoms. The van der Waals surface area contributed by atoms with Crippen LogP contribution in [0.1, 0.15) is 0 Å². The van der Waals surface area contributed by atoms with Crippen molar-refractivity contribution in [3.05, 3.63) is 16.2 Å². The van der Waals surface area contributed by atoms with Crippen molar-refractivity contribution in [2.24, 2.45) is 0 Å². The molecular weight excluding hydrogens is 261 g/mol. The molecule has 0 unspecified atom stereocenters. The van der Waals surface area contributed by atoms with Gasteiger partial charge in [0.25, 0.3) is 5.89 Å². The first-order chi connectivity index (χ1) is 5.36. The van der Waals surface area contributed by atoms with Crippen LogP contribution in [0.4, 0.5) is 0 Å². The Hall–Kier alpha value is -0.920. The van der Waals surface area contributed by atoms with Gasteiger partial charge in [0.05, 0.1) is 0 Å². The lowest BCUT2D eigenvalue weighted by Crippen LogP contribution is -1.75. The maximum Gasteiger partial charge on any atom is 0.280 e. The molecule has 0 amide bonds. The summed E-state index contributed by atoms with van der Waals surface area (Å²) >= 11 is 1.95. The first-order valence-corrected chi connectivity index (χ1v) is 3.84. The van der Waals surface area contributed by atoms with Gasteiger partial charge < -0.3 is 9.05 Å². The predicted octanol–water partition coefficient (Wildman–Crippen LogP) is 1.33. The number of nitrogens with zero attached hydrogens (tertiary/aromatic N) is 3. The molecule has 2 rings (SSSR count). The fourth-order valence-electron chi connectivity index (χ4n) is 0.632. The largest absolute Gasteiger partial charge is 0.364 e. The van der Waals surface area contributed by atoms with Crippen LogP contribution in [0.15, 0.2) is 21.4 Å². The molecule has 0 N–H and O–H groups in total. The molecular formula is C5H2IN3O2. The Bertz CT molecular complexity index is 342. The Balaban J connectivity index is 2.45. The van der Waals surface area contributed by atoms with E-state index in [2.05, 4.69) is 19.8 Å². The van der Waals surface area contributed by atoms with E-state index in [1.54, 1.807) is 6.07 Å². The van der Waals surface area contributed by atoms with Gasteiger partial charge in [-0.15, -0.1) is 0 Å². The van der Waals surface area contributed by atoms with Crippen molar-refractivity contribution in [3.8, 4) is 11.6 Å². The minimum Gasteiger partial charge on any atom is -0.364 e. The third-order valence-electron chi connectivity index (χ3n) is 1.06. The van der Waals surface area contributed by atoms with E-state index in [1.165, 1.54) is 6.26 Å². The first-order valence-electron chi connectivity index (χ1n) is 2.76. The lowest BCUT2D eigenvalue weighted by Gasteiger charge is -1.77. The highest BCUT2D eigenvalue weighted by molar-refractivity contribution is 14.1. The van der Waals surface area contributed by atoms with E-state index < -0.39 is 0 Å². The SMILES string of the molecule is Ic1noc(-c2ccon2)n1. The van der Waals surface area contributed by atoms with Crippen molar-refractivity contribution >= 4 is 22.6 Å². The molecule has 0 saturated carbocycles. The van der Waals surface area contributed by atoms with Gasteiger partial charge in [-0.1, -0.05) is 10.3 Å². The maximum absolute atomic E-state index is 4.82. The second-order valence-corrected chi connectivity index (χ2v) is 2.72. The summed E-state index contributed by atoms with van der Waals surface area (Å²) in [5.74, 6) is 0.378. The third kappa shape index (κ3) is 1.25. The topological polar surface area (TPSA) is 65.0 Å². The van der Waals surface area contributed by atoms with Crippen LogP contribution >= 0.6 is 22.6 Å². The zero-order chi connectivity index (χ0) is 7.68. The normalized spacial score (nSPS) is 10.3. The molecule has 0 aliphatic carbocycles. The smallest absolute Gasteiger partial charge is 0.280 e. The number of aromatic nitrogens is 3. The minimum absolute atomic E-state index is 0.378. The van der Waals surface area contributed by atoms with E-state index in [4.69, 9.17) is 4.52 Å². The number of halogens is 1. The summed E-state index contributed by atoms with van der Waals surface area (Å²) in [6.45, 7) is 0. The summed E-state index contributed by atoms with van der Waals surface area (Å²) in [7, 11) is 0. The molecule has 5 nitrogen and oxygen atoms in total. The Morgan fingerprint density at radius 2 is 2.27 bits per heavy atom. The van der Waals surface area contributed by atoms with E-state index in [0.29, 0.717) is 15.4 Å². The summed E-state index contributed by atoms with van der Waals surface area (Å²) in [5, 5.41) is 7.22. The van der Waals surface area contributed by atoms with E-state index in [1.807, 2.05) is 22.6 Å². The van der Waals surface area contributed by atoms with E-state index in [-0.39, 0.29) is 0 Å². The molecule has 0 aliphatic rings. The maximum atomic E-state index is 4.82. The van der Waals surface area contributed by atoms with Crippen molar-refractivity contribution in [3.63, 3.8) is 0 Å². The quantitative estimate of drug-likeness (QED) is 0.726. The van der Waals surface area contributed by atoms with E-state index in [9.17, 15) is 0 Å². The van der Waals surface area contributed by atoms with Crippen molar-refractivity contribution in [1.82, 2.24) is 15.3 Å². The monoisotopic (exact) mass is 263 g/mol. The van der Waals surface area contributed by atoms with Gasteiger partial charge in [-0.3, -0.25) is 0 Å². The van der Waals surface area contributed by atoms with Crippen LogP contribution in [0.3, 0.4) is 0 Å². The molecule has 0 radical (unpaired) electrons. The Kier molecular flexibility index (Phi) is 1.60. The molecule has 0 atom stereocenters. The highest BCUT2D eigenvalue weighted by atomic mass is 127. The molecule has 2 aromatic rings. The van der Waals surface area contributed by atoms with Gasteiger partial charge in [-0.25, -0.2) is 0 Å². The molecule has 0 aromatic carbocycles. The summed E-state index contributed by atoms with van der Waals surface area (Å²) in [6.07, 6.45) is 1.45.